The van der Waals surface area contributed by atoms with Gasteiger partial charge in [-0.15, -0.1) is 0 Å². The van der Waals surface area contributed by atoms with E-state index in [0.717, 1.165) is 4.47 Å². The van der Waals surface area contributed by atoms with E-state index >= 15 is 0 Å². The number of hydrazine groups is 1. The fourth-order valence-electron chi connectivity index (χ4n) is 1.16. The molecule has 7 heteroatoms. The largest absolute Gasteiger partial charge is 0.436 e. The molecule has 1 heterocycles. The monoisotopic (exact) mass is 358 g/mol. The van der Waals surface area contributed by atoms with Crippen LogP contribution < -0.4 is 16.0 Å². The number of hydrogen-bond donors (Lipinski definition) is 2. The first-order chi connectivity index (χ1) is 8.22. The topological polar surface area (TPSA) is 73.1 Å². The second-order valence-corrected chi connectivity index (χ2v) is 4.67. The minimum absolute atomic E-state index is 0.389. The number of aromatic nitrogens is 2. The van der Waals surface area contributed by atoms with E-state index in [1.54, 1.807) is 0 Å². The predicted octanol–water partition coefficient (Wildman–Crippen LogP) is 3.08. The quantitative estimate of drug-likeness (QED) is 0.650. The molecule has 0 saturated heterocycles. The van der Waals surface area contributed by atoms with Gasteiger partial charge in [0.2, 0.25) is 5.88 Å². The summed E-state index contributed by atoms with van der Waals surface area (Å²) in [6.07, 6.45) is 1.37. The molecule has 0 bridgehead atoms. The van der Waals surface area contributed by atoms with E-state index in [4.69, 9.17) is 10.6 Å². The van der Waals surface area contributed by atoms with Crippen LogP contribution in [0.4, 0.5) is 5.82 Å². The Morgan fingerprint density at radius 2 is 1.94 bits per heavy atom. The molecular formula is C10H8Br2N4O. The molecule has 0 aliphatic heterocycles. The second-order valence-electron chi connectivity index (χ2n) is 3.02. The molecule has 0 saturated carbocycles. The highest BCUT2D eigenvalue weighted by Crippen LogP contribution is 2.34. The van der Waals surface area contributed by atoms with Gasteiger partial charge < -0.3 is 10.2 Å². The summed E-state index contributed by atoms with van der Waals surface area (Å²) in [7, 11) is 0. The van der Waals surface area contributed by atoms with E-state index in [0.29, 0.717) is 21.9 Å². The summed E-state index contributed by atoms with van der Waals surface area (Å²) in [6.45, 7) is 0. The lowest BCUT2D eigenvalue weighted by molar-refractivity contribution is 0.455. The molecule has 0 fully saturated rings. The molecule has 0 aliphatic carbocycles. The lowest BCUT2D eigenvalue weighted by atomic mass is 10.3. The fraction of sp³-hybridized carbons (Fsp3) is 0. The third-order valence-corrected chi connectivity index (χ3v) is 3.31. The minimum atomic E-state index is 0.389. The highest BCUT2D eigenvalue weighted by molar-refractivity contribution is 9.11. The third-order valence-electron chi connectivity index (χ3n) is 1.94. The van der Waals surface area contributed by atoms with Crippen molar-refractivity contribution in [2.24, 2.45) is 5.84 Å². The van der Waals surface area contributed by atoms with Gasteiger partial charge in [0.1, 0.15) is 16.5 Å². The van der Waals surface area contributed by atoms with Crippen LogP contribution in [0.5, 0.6) is 11.6 Å². The molecule has 3 N–H and O–H groups in total. The number of hydrogen-bond acceptors (Lipinski definition) is 5. The van der Waals surface area contributed by atoms with Crippen LogP contribution in [0.1, 0.15) is 0 Å². The number of nitrogen functional groups attached to an aromatic ring is 1. The fourth-order valence-corrected chi connectivity index (χ4v) is 1.92. The van der Waals surface area contributed by atoms with Crippen molar-refractivity contribution in [3.05, 3.63) is 39.5 Å². The van der Waals surface area contributed by atoms with Gasteiger partial charge in [0, 0.05) is 0 Å². The molecule has 0 spiro atoms. The van der Waals surface area contributed by atoms with Crippen LogP contribution in [0, 0.1) is 0 Å². The van der Waals surface area contributed by atoms with E-state index in [-0.39, 0.29) is 0 Å². The first-order valence-electron chi connectivity index (χ1n) is 4.62. The zero-order valence-electron chi connectivity index (χ0n) is 8.52. The van der Waals surface area contributed by atoms with Gasteiger partial charge in [0.25, 0.3) is 0 Å². The Morgan fingerprint density at radius 3 is 2.65 bits per heavy atom. The third kappa shape index (κ3) is 2.74. The van der Waals surface area contributed by atoms with Crippen LogP contribution in [-0.4, -0.2) is 9.97 Å². The van der Waals surface area contributed by atoms with Crippen molar-refractivity contribution in [3.8, 4) is 11.6 Å². The smallest absolute Gasteiger partial charge is 0.238 e. The number of nitrogens with two attached hydrogens (primary N) is 1. The Bertz CT molecular complexity index is 535. The first kappa shape index (κ1) is 12.3. The van der Waals surface area contributed by atoms with Crippen molar-refractivity contribution in [1.82, 2.24) is 9.97 Å². The predicted molar refractivity (Wildman–Crippen MR) is 71.8 cm³/mol. The maximum Gasteiger partial charge on any atom is 0.238 e. The van der Waals surface area contributed by atoms with E-state index in [2.05, 4.69) is 47.3 Å². The summed E-state index contributed by atoms with van der Waals surface area (Å²) in [5.41, 5.74) is 2.45. The summed E-state index contributed by atoms with van der Waals surface area (Å²) in [5, 5.41) is 0. The summed E-state index contributed by atoms with van der Waals surface area (Å²) >= 11 is 6.71. The lowest BCUT2D eigenvalue weighted by Gasteiger charge is -2.09. The van der Waals surface area contributed by atoms with Gasteiger partial charge >= 0.3 is 0 Å². The number of halogens is 2. The number of rotatable bonds is 3. The Balaban J connectivity index is 2.34. The van der Waals surface area contributed by atoms with Crippen LogP contribution in [-0.2, 0) is 0 Å². The van der Waals surface area contributed by atoms with Crippen molar-refractivity contribution in [1.29, 1.82) is 0 Å². The molecule has 1 aromatic carbocycles. The number of nitrogens with one attached hydrogen (secondary N) is 1. The number of anilines is 1. The Labute approximate surface area is 115 Å². The number of benzene rings is 1. The summed E-state index contributed by atoms with van der Waals surface area (Å²) in [5.74, 6) is 6.82. The van der Waals surface area contributed by atoms with Crippen LogP contribution >= 0.6 is 31.9 Å². The summed E-state index contributed by atoms with van der Waals surface area (Å²) < 4.78 is 7.05. The van der Waals surface area contributed by atoms with Crippen LogP contribution in [0.3, 0.4) is 0 Å². The van der Waals surface area contributed by atoms with Crippen molar-refractivity contribution in [2.45, 2.75) is 0 Å². The standard InChI is InChI=1S/C10H8Br2N4O/c11-6-3-1-2-4-7(6)17-10-8(12)9(16-13)14-5-15-10/h1-5H,13H2,(H,14,15,16). The molecule has 17 heavy (non-hydrogen) atoms. The van der Waals surface area contributed by atoms with Crippen molar-refractivity contribution in [2.75, 3.05) is 5.43 Å². The maximum atomic E-state index is 5.64. The molecule has 0 unspecified atom stereocenters. The van der Waals surface area contributed by atoms with Crippen LogP contribution in [0.25, 0.3) is 0 Å². The molecule has 0 radical (unpaired) electrons. The van der Waals surface area contributed by atoms with Gasteiger partial charge in [-0.2, -0.15) is 0 Å². The van der Waals surface area contributed by atoms with Crippen molar-refractivity contribution >= 4 is 37.7 Å². The van der Waals surface area contributed by atoms with E-state index in [1.165, 1.54) is 6.33 Å². The maximum absolute atomic E-state index is 5.64. The zero-order chi connectivity index (χ0) is 12.3. The molecule has 1 aromatic heterocycles. The van der Waals surface area contributed by atoms with Gasteiger partial charge in [0.15, 0.2) is 5.82 Å². The highest BCUT2D eigenvalue weighted by Gasteiger charge is 2.11. The molecule has 2 rings (SSSR count). The van der Waals surface area contributed by atoms with E-state index < -0.39 is 0 Å². The van der Waals surface area contributed by atoms with Crippen LogP contribution in [0.2, 0.25) is 0 Å². The zero-order valence-corrected chi connectivity index (χ0v) is 11.7. The molecule has 0 atom stereocenters. The van der Waals surface area contributed by atoms with Crippen molar-refractivity contribution in [3.63, 3.8) is 0 Å². The first-order valence-corrected chi connectivity index (χ1v) is 6.20. The van der Waals surface area contributed by atoms with Gasteiger partial charge in [-0.3, -0.25) is 0 Å². The Morgan fingerprint density at radius 1 is 1.18 bits per heavy atom. The van der Waals surface area contributed by atoms with Gasteiger partial charge in [-0.25, -0.2) is 15.8 Å². The average molecular weight is 360 g/mol. The molecular weight excluding hydrogens is 352 g/mol. The molecule has 2 aromatic rings. The van der Waals surface area contributed by atoms with Gasteiger partial charge in [-0.05, 0) is 44.0 Å². The average Bonchev–Trinajstić information content (AvgIpc) is 2.34. The van der Waals surface area contributed by atoms with E-state index in [9.17, 15) is 0 Å². The second kappa shape index (κ2) is 5.44. The van der Waals surface area contributed by atoms with Crippen LogP contribution in [0.15, 0.2) is 39.5 Å². The van der Waals surface area contributed by atoms with E-state index in [1.807, 2.05) is 24.3 Å². The molecule has 0 aliphatic rings. The lowest BCUT2D eigenvalue weighted by Crippen LogP contribution is -2.09. The molecule has 0 amide bonds. The Kier molecular flexibility index (Phi) is 3.93. The van der Waals surface area contributed by atoms with Gasteiger partial charge in [0.05, 0.1) is 4.47 Å². The molecule has 5 nitrogen and oxygen atoms in total. The highest BCUT2D eigenvalue weighted by atomic mass is 79.9. The van der Waals surface area contributed by atoms with Crippen molar-refractivity contribution < 1.29 is 4.74 Å². The SMILES string of the molecule is NNc1ncnc(Oc2ccccc2Br)c1Br. The summed E-state index contributed by atoms with van der Waals surface area (Å²) in [4.78, 5) is 7.96. The minimum Gasteiger partial charge on any atom is -0.436 e. The Hall–Kier alpha value is -1.18. The number of ether oxygens (including phenoxy) is 1. The molecule has 88 valence electrons. The van der Waals surface area contributed by atoms with Gasteiger partial charge in [-0.1, -0.05) is 12.1 Å². The normalized spacial score (nSPS) is 10.1. The summed E-state index contributed by atoms with van der Waals surface area (Å²) in [6, 6.07) is 7.48. The number of nitrogens with zero attached hydrogens (tertiary/aromatic N) is 2. The number of para-hydroxylation sites is 1.